The van der Waals surface area contributed by atoms with Crippen LogP contribution in [0.3, 0.4) is 0 Å². The summed E-state index contributed by atoms with van der Waals surface area (Å²) in [5.74, 6) is 0.304. The van der Waals surface area contributed by atoms with Gasteiger partial charge in [0.1, 0.15) is 18.1 Å². The monoisotopic (exact) mass is 535 g/mol. The zero-order valence-electron chi connectivity index (χ0n) is 24.2. The molecule has 0 bridgehead atoms. The number of nitrogens with one attached hydrogen (secondary N) is 3. The number of benzene rings is 1. The first-order valence-electron chi connectivity index (χ1n) is 12.8. The van der Waals surface area contributed by atoms with Gasteiger partial charge in [0.25, 0.3) is 11.4 Å². The largest absolute Gasteiger partial charge is 0.454 e. The Morgan fingerprint density at radius 1 is 1.08 bits per heavy atom. The van der Waals surface area contributed by atoms with Gasteiger partial charge in [-0.05, 0) is 52.7 Å². The van der Waals surface area contributed by atoms with E-state index >= 15 is 0 Å². The molecule has 1 aliphatic rings. The minimum Gasteiger partial charge on any atom is -0.454 e. The molecule has 0 saturated carbocycles. The normalized spacial score (nSPS) is 11.6. The van der Waals surface area contributed by atoms with Gasteiger partial charge in [0.2, 0.25) is 6.79 Å². The highest BCUT2D eigenvalue weighted by atomic mass is 16.7. The predicted octanol–water partition coefficient (Wildman–Crippen LogP) is 4.78. The molecule has 0 saturated heterocycles. The lowest BCUT2D eigenvalue weighted by Crippen LogP contribution is -2.70. The first kappa shape index (κ1) is 34.1. The molecule has 0 aliphatic carbocycles. The van der Waals surface area contributed by atoms with Gasteiger partial charge in [0.05, 0.1) is 16.6 Å². The second kappa shape index (κ2) is 17.5. The number of hydrogen-bond donors (Lipinski definition) is 3. The second-order valence-electron chi connectivity index (χ2n) is 8.04. The van der Waals surface area contributed by atoms with E-state index in [0.29, 0.717) is 17.0 Å². The number of nitrogens with zero attached hydrogens (tertiary/aromatic N) is 1. The molecule has 1 unspecified atom stereocenters. The van der Waals surface area contributed by atoms with Gasteiger partial charge >= 0.3 is 12.0 Å². The summed E-state index contributed by atoms with van der Waals surface area (Å²) in [5.41, 5.74) is 1.64. The van der Waals surface area contributed by atoms with E-state index in [9.17, 15) is 19.7 Å². The molecule has 1 aliphatic heterocycles. The fourth-order valence-corrected chi connectivity index (χ4v) is 3.00. The standard InChI is InChI=1S/C23H30N4O7.2C2H6/c1-7-8-9-24-20(13(2)3)22(28)25-21(14(4)5)26-23(29)34-15(6)16-10-18-19(33-12-32-18)11-17(16)27(30)31;2*1-2/h9-11,15H,7-8,12H2,1-6H3,(H,25,28)(H,26,29);2*1-2H3/p+1. The molecule has 2 amide bonds. The van der Waals surface area contributed by atoms with Crippen LogP contribution in [0.1, 0.15) is 93.7 Å². The van der Waals surface area contributed by atoms with Gasteiger partial charge in [-0.15, -0.1) is 0 Å². The maximum Gasteiger partial charge on any atom is 0.413 e. The van der Waals surface area contributed by atoms with Crippen molar-refractivity contribution in [3.05, 3.63) is 50.5 Å². The highest BCUT2D eigenvalue weighted by Crippen LogP contribution is 2.40. The molecule has 11 heteroatoms. The van der Waals surface area contributed by atoms with Crippen molar-refractivity contribution in [3.8, 4) is 11.5 Å². The van der Waals surface area contributed by atoms with Gasteiger partial charge in [-0.2, -0.15) is 0 Å². The summed E-state index contributed by atoms with van der Waals surface area (Å²) in [6.45, 7) is 18.5. The molecule has 0 spiro atoms. The maximum atomic E-state index is 12.8. The van der Waals surface area contributed by atoms with E-state index in [2.05, 4.69) is 15.6 Å². The van der Waals surface area contributed by atoms with E-state index in [-0.39, 0.29) is 29.6 Å². The molecule has 1 aromatic rings. The molecule has 3 N–H and O–H groups in total. The molecule has 0 aromatic heterocycles. The lowest BCUT2D eigenvalue weighted by Gasteiger charge is -2.17. The van der Waals surface area contributed by atoms with E-state index in [1.165, 1.54) is 19.1 Å². The van der Waals surface area contributed by atoms with Crippen LogP contribution < -0.4 is 25.1 Å². The minimum absolute atomic E-state index is 0.0476. The van der Waals surface area contributed by atoms with Crippen LogP contribution in [0.4, 0.5) is 10.5 Å². The van der Waals surface area contributed by atoms with E-state index in [1.807, 2.05) is 34.6 Å². The second-order valence-corrected chi connectivity index (χ2v) is 8.04. The van der Waals surface area contributed by atoms with Crippen molar-refractivity contribution in [1.29, 1.82) is 0 Å². The van der Waals surface area contributed by atoms with Crippen molar-refractivity contribution in [1.82, 2.24) is 10.6 Å². The lowest BCUT2D eigenvalue weighted by atomic mass is 10.1. The van der Waals surface area contributed by atoms with Crippen molar-refractivity contribution in [2.75, 3.05) is 6.79 Å². The maximum absolute atomic E-state index is 12.8. The highest BCUT2D eigenvalue weighted by Gasteiger charge is 2.28. The first-order chi connectivity index (χ1) is 18.0. The number of carbonyl (C=O) groups is 2. The van der Waals surface area contributed by atoms with Crippen LogP contribution in [0.2, 0.25) is 0 Å². The van der Waals surface area contributed by atoms with Crippen LogP contribution in [-0.4, -0.2) is 29.9 Å². The first-order valence-corrected chi connectivity index (χ1v) is 12.8. The van der Waals surface area contributed by atoms with Gasteiger partial charge < -0.3 is 19.5 Å². The van der Waals surface area contributed by atoms with Crippen LogP contribution in [0.5, 0.6) is 11.5 Å². The number of alkyl carbamates (subject to hydrolysis) is 1. The fraction of sp³-hybridized carbons (Fsp3) is 0.519. The van der Waals surface area contributed by atoms with Crippen molar-refractivity contribution in [2.45, 2.75) is 88.2 Å². The summed E-state index contributed by atoms with van der Waals surface area (Å²) in [6.07, 6.45) is 1.64. The van der Waals surface area contributed by atoms with E-state index < -0.39 is 23.0 Å². The number of allylic oxidation sites excluding steroid dienone is 2. The number of ether oxygens (including phenoxy) is 3. The van der Waals surface area contributed by atoms with Crippen LogP contribution >= 0.6 is 0 Å². The number of nitro groups is 1. The van der Waals surface area contributed by atoms with Crippen molar-refractivity contribution < 1.29 is 33.7 Å². The minimum atomic E-state index is -0.984. The fourth-order valence-electron chi connectivity index (χ4n) is 3.00. The zero-order valence-corrected chi connectivity index (χ0v) is 24.2. The van der Waals surface area contributed by atoms with E-state index in [4.69, 9.17) is 14.2 Å². The van der Waals surface area contributed by atoms with Crippen LogP contribution in [0, 0.1) is 10.1 Å². The Morgan fingerprint density at radius 2 is 1.66 bits per heavy atom. The third-order valence-electron chi connectivity index (χ3n) is 4.81. The third-order valence-corrected chi connectivity index (χ3v) is 4.81. The molecule has 11 nitrogen and oxygen atoms in total. The molecule has 212 valence electrons. The number of unbranched alkanes of at least 4 members (excludes halogenated alkanes) is 1. The Balaban J connectivity index is 0.00000326. The lowest BCUT2D eigenvalue weighted by molar-refractivity contribution is -0.388. The molecule has 1 atom stereocenters. The molecule has 0 radical (unpaired) electrons. The van der Waals surface area contributed by atoms with Gasteiger partial charge in [0, 0.05) is 12.0 Å². The van der Waals surface area contributed by atoms with Gasteiger partial charge in [-0.1, -0.05) is 34.6 Å². The van der Waals surface area contributed by atoms with Gasteiger partial charge in [0.15, 0.2) is 11.5 Å². The van der Waals surface area contributed by atoms with Crippen molar-refractivity contribution >= 4 is 23.9 Å². The highest BCUT2D eigenvalue weighted by molar-refractivity contribution is 5.93. The topological polar surface area (TPSA) is 143 Å². The molecular weight excluding hydrogens is 492 g/mol. The summed E-state index contributed by atoms with van der Waals surface area (Å²) in [5, 5.41) is 16.7. The van der Waals surface area contributed by atoms with Crippen molar-refractivity contribution in [2.24, 2.45) is 0 Å². The Bertz CT molecular complexity index is 1050. The molecule has 1 heterocycles. The SMILES string of the molecule is CC.CC.CCCC=[NH+]C(C(=O)NC(NC(=O)OC(C)c1cc2c(cc1[N+](=O)[O-])OCO2)=C(C)C)=C(C)C. The summed E-state index contributed by atoms with van der Waals surface area (Å²) >= 11 is 0. The Hall–Kier alpha value is -3.89. The Labute approximate surface area is 225 Å². The Kier molecular flexibility index (Phi) is 15.7. The van der Waals surface area contributed by atoms with Gasteiger partial charge in [-0.25, -0.2) is 9.79 Å². The van der Waals surface area contributed by atoms with E-state index in [0.717, 1.165) is 18.4 Å². The number of amides is 2. The number of carbonyl (C=O) groups excluding carboxylic acids is 2. The molecule has 1 aromatic carbocycles. The number of hydrogen-bond acceptors (Lipinski definition) is 7. The molecular formula is C27H43N4O7+. The van der Waals surface area contributed by atoms with Crippen molar-refractivity contribution in [3.63, 3.8) is 0 Å². The Morgan fingerprint density at radius 3 is 2.16 bits per heavy atom. The van der Waals surface area contributed by atoms with Crippen LogP contribution in [0.25, 0.3) is 0 Å². The number of nitro benzene ring substituents is 1. The van der Waals surface area contributed by atoms with Crippen LogP contribution in [0.15, 0.2) is 34.8 Å². The summed E-state index contributed by atoms with van der Waals surface area (Å²) in [4.78, 5) is 39.3. The zero-order chi connectivity index (χ0) is 29.4. The smallest absolute Gasteiger partial charge is 0.413 e. The van der Waals surface area contributed by atoms with Crippen LogP contribution in [-0.2, 0) is 9.53 Å². The summed E-state index contributed by atoms with van der Waals surface area (Å²) in [7, 11) is 0. The average Bonchev–Trinajstić information content (AvgIpc) is 3.35. The summed E-state index contributed by atoms with van der Waals surface area (Å²) < 4.78 is 15.8. The molecule has 38 heavy (non-hydrogen) atoms. The third kappa shape index (κ3) is 10.2. The number of rotatable bonds is 9. The average molecular weight is 536 g/mol. The quantitative estimate of drug-likeness (QED) is 0.179. The summed E-state index contributed by atoms with van der Waals surface area (Å²) in [6, 6.07) is 2.66. The molecule has 0 fully saturated rings. The van der Waals surface area contributed by atoms with E-state index in [1.54, 1.807) is 33.9 Å². The number of fused-ring (bicyclic) bond motifs is 1. The predicted molar refractivity (Wildman–Crippen MR) is 147 cm³/mol. The molecule has 2 rings (SSSR count). The van der Waals surface area contributed by atoms with Gasteiger partial charge in [-0.3, -0.25) is 20.2 Å².